The Bertz CT molecular complexity index is 1600. The van der Waals surface area contributed by atoms with Gasteiger partial charge in [-0.05, 0) is 78.6 Å². The number of aryl methyl sites for hydroxylation is 1. The van der Waals surface area contributed by atoms with Gasteiger partial charge in [0, 0.05) is 12.1 Å². The number of hydrogen-bond acceptors (Lipinski definition) is 6. The number of nitrogens with zero attached hydrogens (tertiary/aromatic N) is 1. The van der Waals surface area contributed by atoms with Gasteiger partial charge < -0.3 is 18.2 Å². The molecule has 0 fully saturated rings. The van der Waals surface area contributed by atoms with E-state index in [-0.39, 0.29) is 30.5 Å². The van der Waals surface area contributed by atoms with Crippen LogP contribution in [0.3, 0.4) is 0 Å². The number of methoxy groups -OCH3 is 1. The van der Waals surface area contributed by atoms with Gasteiger partial charge in [0.25, 0.3) is 5.91 Å². The summed E-state index contributed by atoms with van der Waals surface area (Å²) in [6, 6.07) is 18.6. The molecule has 3 aromatic carbocycles. The molecule has 0 saturated heterocycles. The number of hydrogen-bond donors (Lipinski definition) is 0. The fraction of sp³-hybridized carbons (Fsp3) is 0.258. The number of carbonyl (C=O) groups is 1. The summed E-state index contributed by atoms with van der Waals surface area (Å²) in [5.41, 5.74) is 0.965. The van der Waals surface area contributed by atoms with Crippen LogP contribution in [0.2, 0.25) is 0 Å². The number of rotatable bonds is 12. The Labute approximate surface area is 242 Å². The smallest absolute Gasteiger partial charge is 0.416 e. The number of furan rings is 1. The molecule has 42 heavy (non-hydrogen) atoms. The van der Waals surface area contributed by atoms with Gasteiger partial charge in [0.05, 0.1) is 25.5 Å². The van der Waals surface area contributed by atoms with E-state index in [0.29, 0.717) is 23.0 Å². The summed E-state index contributed by atoms with van der Waals surface area (Å²) in [6.45, 7) is 2.29. The summed E-state index contributed by atoms with van der Waals surface area (Å²) >= 11 is 0. The van der Waals surface area contributed by atoms with Gasteiger partial charge in [0.15, 0.2) is 11.5 Å². The molecule has 7 nitrogen and oxygen atoms in total. The van der Waals surface area contributed by atoms with E-state index in [4.69, 9.17) is 13.3 Å². The summed E-state index contributed by atoms with van der Waals surface area (Å²) in [4.78, 5) is 14.4. The molecule has 0 bridgehead atoms. The SMILES string of the molecule is CCCCc1ccc(C(=O)N(Cc2ccc(OC)c(OS(=O)(=O)c3cccc(C(F)(F)F)c3)c2)Cc2ccco2)cc1. The number of carbonyl (C=O) groups excluding carboxylic acids is 1. The van der Waals surface area contributed by atoms with Crippen molar-refractivity contribution in [3.63, 3.8) is 0 Å². The molecule has 1 aromatic heterocycles. The van der Waals surface area contributed by atoms with Gasteiger partial charge in [0.2, 0.25) is 0 Å². The zero-order valence-corrected chi connectivity index (χ0v) is 23.9. The third-order valence-electron chi connectivity index (χ3n) is 6.48. The van der Waals surface area contributed by atoms with Crippen LogP contribution in [-0.2, 0) is 35.8 Å². The van der Waals surface area contributed by atoms with Crippen molar-refractivity contribution in [2.75, 3.05) is 7.11 Å². The first-order valence-corrected chi connectivity index (χ1v) is 14.6. The Morgan fingerprint density at radius 2 is 1.64 bits per heavy atom. The van der Waals surface area contributed by atoms with Crippen molar-refractivity contribution in [1.29, 1.82) is 0 Å². The molecule has 1 heterocycles. The molecule has 4 aromatic rings. The first kappa shape index (κ1) is 30.7. The van der Waals surface area contributed by atoms with Crippen LogP contribution in [0.1, 0.15) is 52.6 Å². The van der Waals surface area contributed by atoms with Gasteiger partial charge in [-0.3, -0.25) is 4.79 Å². The number of ether oxygens (including phenoxy) is 1. The van der Waals surface area contributed by atoms with Crippen molar-refractivity contribution >= 4 is 16.0 Å². The maximum atomic E-state index is 13.6. The Balaban J connectivity index is 1.61. The second-order valence-corrected chi connectivity index (χ2v) is 11.1. The lowest BCUT2D eigenvalue weighted by atomic mass is 10.1. The lowest BCUT2D eigenvalue weighted by Crippen LogP contribution is -2.30. The maximum Gasteiger partial charge on any atom is 0.416 e. The highest BCUT2D eigenvalue weighted by Crippen LogP contribution is 2.34. The van der Waals surface area contributed by atoms with E-state index in [9.17, 15) is 26.4 Å². The van der Waals surface area contributed by atoms with Gasteiger partial charge in [0.1, 0.15) is 10.7 Å². The summed E-state index contributed by atoms with van der Waals surface area (Å²) in [7, 11) is -3.36. The molecule has 0 aliphatic carbocycles. The van der Waals surface area contributed by atoms with E-state index in [0.717, 1.165) is 43.0 Å². The molecule has 0 atom stereocenters. The molecule has 222 valence electrons. The van der Waals surface area contributed by atoms with E-state index < -0.39 is 26.8 Å². The molecule has 0 spiro atoms. The minimum Gasteiger partial charge on any atom is -0.493 e. The number of halogens is 3. The van der Waals surface area contributed by atoms with Crippen LogP contribution in [0.15, 0.2) is 94.4 Å². The quantitative estimate of drug-likeness (QED) is 0.159. The van der Waals surface area contributed by atoms with Gasteiger partial charge in [-0.1, -0.05) is 37.6 Å². The van der Waals surface area contributed by atoms with Crippen molar-refractivity contribution in [2.24, 2.45) is 0 Å². The molecular weight excluding hydrogens is 571 g/mol. The van der Waals surface area contributed by atoms with E-state index in [2.05, 4.69) is 6.92 Å². The first-order chi connectivity index (χ1) is 20.0. The predicted octanol–water partition coefficient (Wildman–Crippen LogP) is 7.26. The van der Waals surface area contributed by atoms with Crippen LogP contribution in [0, 0.1) is 0 Å². The van der Waals surface area contributed by atoms with Crippen molar-refractivity contribution in [2.45, 2.75) is 50.3 Å². The summed E-state index contributed by atoms with van der Waals surface area (Å²) in [6.07, 6.45) is -0.212. The van der Waals surface area contributed by atoms with Crippen LogP contribution < -0.4 is 8.92 Å². The molecule has 0 saturated carbocycles. The topological polar surface area (TPSA) is 86.0 Å². The van der Waals surface area contributed by atoms with Crippen LogP contribution in [-0.4, -0.2) is 26.3 Å². The second kappa shape index (κ2) is 13.2. The number of benzene rings is 3. The maximum absolute atomic E-state index is 13.6. The largest absolute Gasteiger partial charge is 0.493 e. The molecule has 11 heteroatoms. The predicted molar refractivity (Wildman–Crippen MR) is 150 cm³/mol. The van der Waals surface area contributed by atoms with Crippen molar-refractivity contribution in [3.05, 3.63) is 113 Å². The molecule has 0 radical (unpaired) electrons. The number of amides is 1. The Hall–Kier alpha value is -4.25. The normalized spacial score (nSPS) is 11.7. The lowest BCUT2D eigenvalue weighted by molar-refractivity contribution is -0.137. The van der Waals surface area contributed by atoms with Gasteiger partial charge >= 0.3 is 16.3 Å². The van der Waals surface area contributed by atoms with E-state index >= 15 is 0 Å². The highest BCUT2D eigenvalue weighted by atomic mass is 32.2. The molecule has 0 aliphatic rings. The van der Waals surface area contributed by atoms with Crippen LogP contribution in [0.5, 0.6) is 11.5 Å². The van der Waals surface area contributed by atoms with Crippen molar-refractivity contribution < 1.29 is 39.7 Å². The minimum atomic E-state index is -4.73. The minimum absolute atomic E-state index is 0.0425. The first-order valence-electron chi connectivity index (χ1n) is 13.2. The summed E-state index contributed by atoms with van der Waals surface area (Å²) < 4.78 is 81.4. The van der Waals surface area contributed by atoms with Crippen LogP contribution in [0.4, 0.5) is 13.2 Å². The Morgan fingerprint density at radius 3 is 2.29 bits per heavy atom. The van der Waals surface area contributed by atoms with Crippen LogP contribution in [0.25, 0.3) is 0 Å². The Morgan fingerprint density at radius 1 is 0.905 bits per heavy atom. The van der Waals surface area contributed by atoms with Gasteiger partial charge in [-0.25, -0.2) is 0 Å². The van der Waals surface area contributed by atoms with Crippen molar-refractivity contribution in [3.8, 4) is 11.5 Å². The summed E-state index contributed by atoms with van der Waals surface area (Å²) in [5.74, 6) is 0.0716. The van der Waals surface area contributed by atoms with Gasteiger partial charge in [-0.15, -0.1) is 0 Å². The molecule has 1 amide bonds. The monoisotopic (exact) mass is 601 g/mol. The van der Waals surface area contributed by atoms with E-state index in [1.54, 1.807) is 30.3 Å². The van der Waals surface area contributed by atoms with Crippen LogP contribution >= 0.6 is 0 Å². The zero-order valence-electron chi connectivity index (χ0n) is 23.1. The molecule has 4 rings (SSSR count). The molecule has 0 unspecified atom stereocenters. The van der Waals surface area contributed by atoms with E-state index in [1.807, 2.05) is 12.1 Å². The second-order valence-electron chi connectivity index (χ2n) is 9.59. The van der Waals surface area contributed by atoms with E-state index in [1.165, 1.54) is 30.4 Å². The standard InChI is InChI=1S/C31H30F3NO6S/c1-3-4-7-22-11-14-24(15-12-22)30(36)35(21-26-9-6-17-40-26)20-23-13-16-28(39-2)29(18-23)41-42(37,38)27-10-5-8-25(19-27)31(32,33)34/h5-6,8-19H,3-4,7,20-21H2,1-2H3. The highest BCUT2D eigenvalue weighted by molar-refractivity contribution is 7.87. The fourth-order valence-electron chi connectivity index (χ4n) is 4.27. The molecule has 0 aliphatic heterocycles. The highest BCUT2D eigenvalue weighted by Gasteiger charge is 2.32. The summed E-state index contributed by atoms with van der Waals surface area (Å²) in [5, 5.41) is 0. The van der Waals surface area contributed by atoms with Gasteiger partial charge in [-0.2, -0.15) is 21.6 Å². The molecular formula is C31H30F3NO6S. The van der Waals surface area contributed by atoms with Crippen molar-refractivity contribution in [1.82, 2.24) is 4.90 Å². The fourth-order valence-corrected chi connectivity index (χ4v) is 5.25. The average molecular weight is 602 g/mol. The Kier molecular flexibility index (Phi) is 9.62. The third kappa shape index (κ3) is 7.73. The third-order valence-corrected chi connectivity index (χ3v) is 7.72. The molecule has 0 N–H and O–H groups in total. The number of unbranched alkanes of at least 4 members (excludes halogenated alkanes) is 1. The number of alkyl halides is 3. The zero-order chi connectivity index (χ0) is 30.3. The average Bonchev–Trinajstić information content (AvgIpc) is 3.48. The lowest BCUT2D eigenvalue weighted by Gasteiger charge is -2.23.